The molecule has 0 aliphatic rings. The summed E-state index contributed by atoms with van der Waals surface area (Å²) >= 11 is 12.8. The van der Waals surface area contributed by atoms with Crippen LogP contribution in [0.3, 0.4) is 0 Å². The molecule has 0 saturated heterocycles. The molecule has 1 unspecified atom stereocenters. The summed E-state index contributed by atoms with van der Waals surface area (Å²) in [7, 11) is 1.61. The van der Waals surface area contributed by atoms with E-state index in [1.807, 2.05) is 30.3 Å². The summed E-state index contributed by atoms with van der Waals surface area (Å²) in [4.78, 5) is 0. The standard InChI is InChI=1S/C15H13Br2ClO2/c1-20-15-5-3-11(18)6-10(15)8-14(19)9-2-4-12(16)13(17)7-9/h2-7,14,19H,8H2,1H3. The van der Waals surface area contributed by atoms with Crippen molar-refractivity contribution in [3.05, 3.63) is 61.5 Å². The van der Waals surface area contributed by atoms with Gasteiger partial charge in [-0.25, -0.2) is 0 Å². The molecule has 2 rings (SSSR count). The molecule has 0 amide bonds. The molecular weight excluding hydrogens is 407 g/mol. The summed E-state index contributed by atoms with van der Waals surface area (Å²) in [6, 6.07) is 11.1. The summed E-state index contributed by atoms with van der Waals surface area (Å²) in [5.41, 5.74) is 1.72. The topological polar surface area (TPSA) is 29.5 Å². The molecular formula is C15H13Br2ClO2. The molecule has 5 heteroatoms. The molecule has 0 saturated carbocycles. The zero-order chi connectivity index (χ0) is 14.7. The van der Waals surface area contributed by atoms with Crippen LogP contribution in [0.15, 0.2) is 45.3 Å². The van der Waals surface area contributed by atoms with Gasteiger partial charge in [-0.3, -0.25) is 0 Å². The van der Waals surface area contributed by atoms with Crippen LogP contribution in [-0.4, -0.2) is 12.2 Å². The first-order valence-electron chi connectivity index (χ1n) is 5.96. The highest BCUT2D eigenvalue weighted by Gasteiger charge is 2.13. The third kappa shape index (κ3) is 3.76. The summed E-state index contributed by atoms with van der Waals surface area (Å²) in [5, 5.41) is 11.0. The molecule has 0 fully saturated rings. The van der Waals surface area contributed by atoms with Crippen molar-refractivity contribution in [2.45, 2.75) is 12.5 Å². The average Bonchev–Trinajstić information content (AvgIpc) is 2.42. The number of ether oxygens (including phenoxy) is 1. The number of hydrogen-bond donors (Lipinski definition) is 1. The van der Waals surface area contributed by atoms with E-state index in [1.54, 1.807) is 13.2 Å². The van der Waals surface area contributed by atoms with E-state index in [4.69, 9.17) is 16.3 Å². The molecule has 106 valence electrons. The zero-order valence-electron chi connectivity index (χ0n) is 10.7. The minimum Gasteiger partial charge on any atom is -0.496 e. The van der Waals surface area contributed by atoms with Gasteiger partial charge in [0.25, 0.3) is 0 Å². The highest BCUT2D eigenvalue weighted by Crippen LogP contribution is 2.30. The van der Waals surface area contributed by atoms with Crippen molar-refractivity contribution in [3.8, 4) is 5.75 Å². The fraction of sp³-hybridized carbons (Fsp3) is 0.200. The van der Waals surface area contributed by atoms with Gasteiger partial charge >= 0.3 is 0 Å². The Kier molecular flexibility index (Phi) is 5.49. The van der Waals surface area contributed by atoms with E-state index < -0.39 is 6.10 Å². The van der Waals surface area contributed by atoms with Gasteiger partial charge in [-0.15, -0.1) is 0 Å². The molecule has 2 nitrogen and oxygen atoms in total. The molecule has 2 aromatic rings. The Hall–Kier alpha value is -0.550. The Labute approximate surface area is 140 Å². The van der Waals surface area contributed by atoms with Crippen LogP contribution in [0.2, 0.25) is 5.02 Å². The quantitative estimate of drug-likeness (QED) is 0.741. The molecule has 0 aromatic heterocycles. The highest BCUT2D eigenvalue weighted by atomic mass is 79.9. The second-order valence-electron chi connectivity index (χ2n) is 4.35. The Morgan fingerprint density at radius 2 is 1.90 bits per heavy atom. The van der Waals surface area contributed by atoms with Crippen LogP contribution < -0.4 is 4.74 Å². The van der Waals surface area contributed by atoms with Gasteiger partial charge in [0, 0.05) is 20.4 Å². The van der Waals surface area contributed by atoms with Gasteiger partial charge in [-0.2, -0.15) is 0 Å². The minimum atomic E-state index is -0.619. The fourth-order valence-electron chi connectivity index (χ4n) is 1.95. The second-order valence-corrected chi connectivity index (χ2v) is 6.49. The lowest BCUT2D eigenvalue weighted by Gasteiger charge is -2.15. The second kappa shape index (κ2) is 6.94. The Balaban J connectivity index is 2.24. The SMILES string of the molecule is COc1ccc(Cl)cc1CC(O)c1ccc(Br)c(Br)c1. The maximum absolute atomic E-state index is 10.4. The number of benzene rings is 2. The van der Waals surface area contributed by atoms with E-state index >= 15 is 0 Å². The molecule has 0 heterocycles. The Bertz CT molecular complexity index is 617. The predicted molar refractivity (Wildman–Crippen MR) is 88.5 cm³/mol. The lowest BCUT2D eigenvalue weighted by Crippen LogP contribution is -2.03. The lowest BCUT2D eigenvalue weighted by molar-refractivity contribution is 0.177. The molecule has 0 bridgehead atoms. The Morgan fingerprint density at radius 1 is 1.15 bits per heavy atom. The largest absolute Gasteiger partial charge is 0.496 e. The van der Waals surface area contributed by atoms with E-state index in [0.717, 1.165) is 25.8 Å². The van der Waals surface area contributed by atoms with Crippen LogP contribution in [0, 0.1) is 0 Å². The van der Waals surface area contributed by atoms with E-state index in [9.17, 15) is 5.11 Å². The van der Waals surface area contributed by atoms with Crippen LogP contribution in [0.5, 0.6) is 5.75 Å². The number of aliphatic hydroxyl groups is 1. The Morgan fingerprint density at radius 3 is 2.55 bits per heavy atom. The van der Waals surface area contributed by atoms with Crippen molar-refractivity contribution < 1.29 is 9.84 Å². The third-order valence-electron chi connectivity index (χ3n) is 2.98. The molecule has 0 aliphatic heterocycles. The van der Waals surface area contributed by atoms with Crippen molar-refractivity contribution in [1.82, 2.24) is 0 Å². The molecule has 1 atom stereocenters. The molecule has 0 spiro atoms. The third-order valence-corrected chi connectivity index (χ3v) is 5.10. The molecule has 0 aliphatic carbocycles. The van der Waals surface area contributed by atoms with Crippen LogP contribution in [0.1, 0.15) is 17.2 Å². The highest BCUT2D eigenvalue weighted by molar-refractivity contribution is 9.13. The van der Waals surface area contributed by atoms with E-state index in [1.165, 1.54) is 0 Å². The van der Waals surface area contributed by atoms with Gasteiger partial charge in [-0.1, -0.05) is 17.7 Å². The maximum atomic E-state index is 10.4. The number of hydrogen-bond acceptors (Lipinski definition) is 2. The van der Waals surface area contributed by atoms with Crippen molar-refractivity contribution in [1.29, 1.82) is 0 Å². The van der Waals surface area contributed by atoms with Gasteiger partial charge in [0.05, 0.1) is 13.2 Å². The van der Waals surface area contributed by atoms with Gasteiger partial charge in [0.15, 0.2) is 0 Å². The van der Waals surface area contributed by atoms with Crippen molar-refractivity contribution in [2.75, 3.05) is 7.11 Å². The van der Waals surface area contributed by atoms with Crippen LogP contribution in [0.4, 0.5) is 0 Å². The van der Waals surface area contributed by atoms with Crippen molar-refractivity contribution >= 4 is 43.5 Å². The number of halogens is 3. The number of aliphatic hydroxyl groups excluding tert-OH is 1. The summed E-state index contributed by atoms with van der Waals surface area (Å²) in [6.45, 7) is 0. The van der Waals surface area contributed by atoms with E-state index in [0.29, 0.717) is 11.4 Å². The molecule has 20 heavy (non-hydrogen) atoms. The van der Waals surface area contributed by atoms with Crippen molar-refractivity contribution in [3.63, 3.8) is 0 Å². The van der Waals surface area contributed by atoms with E-state index in [-0.39, 0.29) is 0 Å². The smallest absolute Gasteiger partial charge is 0.122 e. The van der Waals surface area contributed by atoms with Crippen LogP contribution >= 0.6 is 43.5 Å². The van der Waals surface area contributed by atoms with Gasteiger partial charge in [-0.05, 0) is 73.3 Å². The van der Waals surface area contributed by atoms with Crippen LogP contribution in [-0.2, 0) is 6.42 Å². The first-order valence-corrected chi connectivity index (χ1v) is 7.93. The molecule has 1 N–H and O–H groups in total. The van der Waals surface area contributed by atoms with Crippen molar-refractivity contribution in [2.24, 2.45) is 0 Å². The van der Waals surface area contributed by atoms with Gasteiger partial charge < -0.3 is 9.84 Å². The predicted octanol–water partition coefficient (Wildman–Crippen LogP) is 5.15. The van der Waals surface area contributed by atoms with Gasteiger partial charge in [0.2, 0.25) is 0 Å². The van der Waals surface area contributed by atoms with E-state index in [2.05, 4.69) is 31.9 Å². The summed E-state index contributed by atoms with van der Waals surface area (Å²) in [6.07, 6.45) is -0.176. The minimum absolute atomic E-state index is 0.442. The van der Waals surface area contributed by atoms with Crippen LogP contribution in [0.25, 0.3) is 0 Å². The maximum Gasteiger partial charge on any atom is 0.122 e. The number of rotatable bonds is 4. The molecule has 0 radical (unpaired) electrons. The zero-order valence-corrected chi connectivity index (χ0v) is 14.7. The monoisotopic (exact) mass is 418 g/mol. The van der Waals surface area contributed by atoms with Gasteiger partial charge in [0.1, 0.15) is 5.75 Å². The summed E-state index contributed by atoms with van der Waals surface area (Å²) < 4.78 is 7.16. The number of methoxy groups -OCH3 is 1. The fourth-order valence-corrected chi connectivity index (χ4v) is 2.79. The lowest BCUT2D eigenvalue weighted by atomic mass is 10.0. The molecule has 2 aromatic carbocycles. The normalized spacial score (nSPS) is 12.2. The first kappa shape index (κ1) is 15.8. The first-order chi connectivity index (χ1) is 9.51. The summed E-state index contributed by atoms with van der Waals surface area (Å²) in [5.74, 6) is 0.727. The average molecular weight is 421 g/mol.